The first-order chi connectivity index (χ1) is 17.5. The van der Waals surface area contributed by atoms with Crippen LogP contribution in [0.25, 0.3) is 0 Å². The molecule has 0 bridgehead atoms. The van der Waals surface area contributed by atoms with E-state index in [-0.39, 0.29) is 0 Å². The van der Waals surface area contributed by atoms with E-state index in [1.54, 1.807) is 22.5 Å². The molecule has 0 saturated carbocycles. The summed E-state index contributed by atoms with van der Waals surface area (Å²) in [6.45, 7) is 13.6. The maximum Gasteiger partial charge on any atom is 0.243 e. The van der Waals surface area contributed by atoms with Crippen LogP contribution in [0.3, 0.4) is 0 Å². The lowest BCUT2D eigenvalue weighted by Crippen LogP contribution is -2.35. The topological polar surface area (TPSA) is 73.8 Å². The van der Waals surface area contributed by atoms with Gasteiger partial charge in [0.05, 0.1) is 10.6 Å². The summed E-state index contributed by atoms with van der Waals surface area (Å²) < 4.78 is 28.2. The largest absolute Gasteiger partial charge is 0.326 e. The number of guanidine groups is 1. The molecule has 1 heterocycles. The molecule has 4 rings (SSSR count). The smallest absolute Gasteiger partial charge is 0.243 e. The molecule has 2 N–H and O–H groups in total. The van der Waals surface area contributed by atoms with Crippen LogP contribution in [0, 0.1) is 41.5 Å². The summed E-state index contributed by atoms with van der Waals surface area (Å²) in [5.41, 5.74) is 9.32. The number of hydrogen-bond acceptors (Lipinski definition) is 3. The average molecular weight is 519 g/mol. The number of anilines is 2. The zero-order chi connectivity index (χ0) is 26.7. The van der Waals surface area contributed by atoms with Crippen LogP contribution < -0.4 is 10.6 Å². The zero-order valence-corrected chi connectivity index (χ0v) is 23.6. The second kappa shape index (κ2) is 11.1. The quantitative estimate of drug-likeness (QED) is 0.284. The number of nitrogens with zero attached hydrogens (tertiary/aromatic N) is 2. The molecule has 0 unspecified atom stereocenters. The Morgan fingerprint density at radius 1 is 0.757 bits per heavy atom. The van der Waals surface area contributed by atoms with Crippen LogP contribution in [-0.2, 0) is 10.0 Å². The maximum absolute atomic E-state index is 13.3. The van der Waals surface area contributed by atoms with Gasteiger partial charge in [0.2, 0.25) is 16.0 Å². The fraction of sp³-hybridized carbons (Fsp3) is 0.367. The van der Waals surface area contributed by atoms with E-state index in [1.165, 1.54) is 11.1 Å². The molecule has 6 nitrogen and oxygen atoms in total. The molecule has 0 aliphatic carbocycles. The van der Waals surface area contributed by atoms with Crippen molar-refractivity contribution in [2.45, 2.75) is 65.7 Å². The molecular formula is C30H38N4O2S. The summed E-state index contributed by atoms with van der Waals surface area (Å²) in [6, 6.07) is 15.5. The summed E-state index contributed by atoms with van der Waals surface area (Å²) in [7, 11) is -3.54. The number of hydrogen-bond donors (Lipinski definition) is 2. The molecule has 3 aromatic carbocycles. The molecule has 1 fully saturated rings. The monoisotopic (exact) mass is 518 g/mol. The van der Waals surface area contributed by atoms with Crippen molar-refractivity contribution in [1.82, 2.24) is 4.31 Å². The van der Waals surface area contributed by atoms with Gasteiger partial charge in [0.25, 0.3) is 0 Å². The Hall–Kier alpha value is -3.16. The van der Waals surface area contributed by atoms with Crippen molar-refractivity contribution in [3.05, 3.63) is 81.9 Å². The Labute approximate surface area is 221 Å². The summed E-state index contributed by atoms with van der Waals surface area (Å²) in [4.78, 5) is 5.31. The predicted octanol–water partition coefficient (Wildman–Crippen LogP) is 6.92. The van der Waals surface area contributed by atoms with E-state index in [0.717, 1.165) is 52.9 Å². The van der Waals surface area contributed by atoms with Gasteiger partial charge in [-0.15, -0.1) is 0 Å². The van der Waals surface area contributed by atoms with E-state index in [9.17, 15) is 8.42 Å². The first-order valence-corrected chi connectivity index (χ1v) is 14.4. The third-order valence-corrected chi connectivity index (χ3v) is 8.72. The van der Waals surface area contributed by atoms with Gasteiger partial charge in [-0.3, -0.25) is 0 Å². The van der Waals surface area contributed by atoms with Crippen LogP contribution in [0.2, 0.25) is 0 Å². The molecule has 0 aromatic heterocycles. The number of rotatable bonds is 5. The van der Waals surface area contributed by atoms with Crippen molar-refractivity contribution in [2.75, 3.05) is 23.7 Å². The lowest BCUT2D eigenvalue weighted by molar-refractivity contribution is 0.346. The Bertz CT molecular complexity index is 1390. The second-order valence-corrected chi connectivity index (χ2v) is 12.2. The second-order valence-electron chi connectivity index (χ2n) is 10.2. The van der Waals surface area contributed by atoms with Crippen molar-refractivity contribution in [1.29, 1.82) is 0 Å². The SMILES string of the molecule is Cc1cc(C)c(N=C(Nc2cccc(S(=O)(=O)N3CCCCC3)c2)Nc2c(C)cc(C)cc2C)c(C)c1. The van der Waals surface area contributed by atoms with Crippen molar-refractivity contribution < 1.29 is 8.42 Å². The summed E-state index contributed by atoms with van der Waals surface area (Å²) in [5.74, 6) is 0.539. The van der Waals surface area contributed by atoms with Gasteiger partial charge in [0, 0.05) is 24.5 Å². The normalized spacial score (nSPS) is 15.0. The molecule has 1 aliphatic rings. The standard InChI is InChI=1S/C30H38N4O2S/c1-20-15-22(3)28(23(4)16-20)32-30(33-29-24(5)17-21(2)18-25(29)6)31-26-11-10-12-27(19-26)37(35,36)34-13-8-7-9-14-34/h10-12,15-19H,7-9,13-14H2,1-6H3,(H2,31,32,33). The van der Waals surface area contributed by atoms with Gasteiger partial charge < -0.3 is 10.6 Å². The zero-order valence-electron chi connectivity index (χ0n) is 22.8. The minimum atomic E-state index is -3.54. The average Bonchev–Trinajstić information content (AvgIpc) is 2.84. The molecule has 0 amide bonds. The van der Waals surface area contributed by atoms with E-state index in [1.807, 2.05) is 6.07 Å². The van der Waals surface area contributed by atoms with E-state index in [2.05, 4.69) is 76.4 Å². The van der Waals surface area contributed by atoms with E-state index >= 15 is 0 Å². The van der Waals surface area contributed by atoms with Crippen LogP contribution in [0.4, 0.5) is 17.1 Å². The number of sulfonamides is 1. The maximum atomic E-state index is 13.3. The molecule has 37 heavy (non-hydrogen) atoms. The van der Waals surface area contributed by atoms with Crippen molar-refractivity contribution in [3.8, 4) is 0 Å². The van der Waals surface area contributed by atoms with Gasteiger partial charge in [-0.2, -0.15) is 4.31 Å². The minimum absolute atomic E-state index is 0.296. The minimum Gasteiger partial charge on any atom is -0.326 e. The number of aryl methyl sites for hydroxylation is 6. The van der Waals surface area contributed by atoms with Crippen LogP contribution in [0.15, 0.2) is 58.4 Å². The molecule has 1 aliphatic heterocycles. The molecule has 0 radical (unpaired) electrons. The molecular weight excluding hydrogens is 480 g/mol. The Morgan fingerprint density at radius 2 is 1.32 bits per heavy atom. The molecule has 0 atom stereocenters. The van der Waals surface area contributed by atoms with E-state index in [0.29, 0.717) is 29.6 Å². The Morgan fingerprint density at radius 3 is 1.92 bits per heavy atom. The van der Waals surface area contributed by atoms with E-state index in [4.69, 9.17) is 4.99 Å². The van der Waals surface area contributed by atoms with Crippen LogP contribution in [-0.4, -0.2) is 31.8 Å². The first-order valence-electron chi connectivity index (χ1n) is 12.9. The molecule has 7 heteroatoms. The van der Waals surface area contributed by atoms with Gasteiger partial charge in [0.1, 0.15) is 0 Å². The Balaban J connectivity index is 1.74. The number of nitrogens with one attached hydrogen (secondary N) is 2. The lowest BCUT2D eigenvalue weighted by Gasteiger charge is -2.26. The van der Waals surface area contributed by atoms with Crippen molar-refractivity contribution >= 4 is 33.0 Å². The highest BCUT2D eigenvalue weighted by Crippen LogP contribution is 2.28. The lowest BCUT2D eigenvalue weighted by atomic mass is 10.0. The fourth-order valence-electron chi connectivity index (χ4n) is 5.17. The number of aliphatic imine (C=N–C) groups is 1. The van der Waals surface area contributed by atoms with Gasteiger partial charge in [0.15, 0.2) is 0 Å². The summed E-state index contributed by atoms with van der Waals surface area (Å²) in [6.07, 6.45) is 2.89. The van der Waals surface area contributed by atoms with Crippen LogP contribution in [0.5, 0.6) is 0 Å². The van der Waals surface area contributed by atoms with Crippen LogP contribution in [0.1, 0.15) is 52.6 Å². The van der Waals surface area contributed by atoms with Crippen molar-refractivity contribution in [3.63, 3.8) is 0 Å². The van der Waals surface area contributed by atoms with E-state index < -0.39 is 10.0 Å². The summed E-state index contributed by atoms with van der Waals surface area (Å²) >= 11 is 0. The fourth-order valence-corrected chi connectivity index (χ4v) is 6.73. The number of benzene rings is 3. The molecule has 1 saturated heterocycles. The van der Waals surface area contributed by atoms with Gasteiger partial charge in [-0.25, -0.2) is 13.4 Å². The molecule has 3 aromatic rings. The highest BCUT2D eigenvalue weighted by atomic mass is 32.2. The van der Waals surface area contributed by atoms with Crippen LogP contribution >= 0.6 is 0 Å². The third-order valence-electron chi connectivity index (χ3n) is 6.83. The number of piperidine rings is 1. The first kappa shape index (κ1) is 26.9. The highest BCUT2D eigenvalue weighted by molar-refractivity contribution is 7.89. The summed E-state index contributed by atoms with van der Waals surface area (Å²) in [5, 5.41) is 6.89. The predicted molar refractivity (Wildman–Crippen MR) is 155 cm³/mol. The highest BCUT2D eigenvalue weighted by Gasteiger charge is 2.26. The molecule has 0 spiro atoms. The van der Waals surface area contributed by atoms with Gasteiger partial charge in [-0.05, 0) is 94.8 Å². The van der Waals surface area contributed by atoms with Gasteiger partial charge in [-0.1, -0.05) is 47.9 Å². The van der Waals surface area contributed by atoms with Gasteiger partial charge >= 0.3 is 0 Å². The third kappa shape index (κ3) is 6.22. The Kier molecular flexibility index (Phi) is 8.05. The van der Waals surface area contributed by atoms with Crippen molar-refractivity contribution in [2.24, 2.45) is 4.99 Å². The molecule has 196 valence electrons.